The number of carbonyl (C=O) groups is 1. The standard InChI is InChI=1S/C25H26F2N2O3S2/c1-25(2)8-6-14(7-9-25)15-4-5-16(18(26)10-15)23-28-22(13-33-23)34-29-20-12-19(27)17(24(30)31)11-21(20)32-3/h4-5,10-14,29H,6-9H2,1-3H3,(H,30,31). The molecular formula is C25H26F2N2O3S2. The number of benzene rings is 2. The molecule has 1 aromatic heterocycles. The van der Waals surface area contributed by atoms with Gasteiger partial charge in [0.05, 0.1) is 18.4 Å². The molecule has 34 heavy (non-hydrogen) atoms. The molecule has 5 nitrogen and oxygen atoms in total. The molecule has 0 bridgehead atoms. The molecule has 0 saturated heterocycles. The number of carboxylic acid groups (broad SMARTS) is 1. The van der Waals surface area contributed by atoms with Crippen molar-refractivity contribution in [1.82, 2.24) is 4.98 Å². The zero-order chi connectivity index (χ0) is 24.5. The van der Waals surface area contributed by atoms with Gasteiger partial charge in [-0.2, -0.15) is 0 Å². The molecular weight excluding hydrogens is 478 g/mol. The highest BCUT2D eigenvalue weighted by molar-refractivity contribution is 8.00. The number of nitrogens with one attached hydrogen (secondary N) is 1. The lowest BCUT2D eigenvalue weighted by Gasteiger charge is -2.34. The summed E-state index contributed by atoms with van der Waals surface area (Å²) in [5, 5.41) is 12.0. The third-order valence-corrected chi connectivity index (χ3v) is 8.07. The van der Waals surface area contributed by atoms with Crippen LogP contribution in [0.5, 0.6) is 5.75 Å². The average Bonchev–Trinajstić information content (AvgIpc) is 3.26. The van der Waals surface area contributed by atoms with Gasteiger partial charge in [0.2, 0.25) is 0 Å². The van der Waals surface area contributed by atoms with Gasteiger partial charge in [0.25, 0.3) is 0 Å². The second-order valence-corrected chi connectivity index (χ2v) is 10.9. The van der Waals surface area contributed by atoms with Crippen LogP contribution < -0.4 is 9.46 Å². The third-order valence-electron chi connectivity index (χ3n) is 6.30. The molecule has 0 amide bonds. The van der Waals surface area contributed by atoms with Crippen LogP contribution in [-0.2, 0) is 0 Å². The van der Waals surface area contributed by atoms with Gasteiger partial charge >= 0.3 is 5.97 Å². The monoisotopic (exact) mass is 504 g/mol. The fourth-order valence-corrected chi connectivity index (χ4v) is 5.81. The molecule has 1 heterocycles. The van der Waals surface area contributed by atoms with E-state index < -0.39 is 17.3 Å². The van der Waals surface area contributed by atoms with Crippen LogP contribution in [0.25, 0.3) is 10.6 Å². The van der Waals surface area contributed by atoms with E-state index >= 15 is 0 Å². The van der Waals surface area contributed by atoms with E-state index in [4.69, 9.17) is 9.84 Å². The van der Waals surface area contributed by atoms with Crippen LogP contribution in [0, 0.1) is 17.0 Å². The smallest absolute Gasteiger partial charge is 0.338 e. The zero-order valence-corrected chi connectivity index (χ0v) is 20.8. The number of methoxy groups -OCH3 is 1. The normalized spacial score (nSPS) is 15.8. The van der Waals surface area contributed by atoms with Crippen LogP contribution >= 0.6 is 23.3 Å². The Hall–Kier alpha value is -2.65. The van der Waals surface area contributed by atoms with E-state index in [-0.39, 0.29) is 17.3 Å². The van der Waals surface area contributed by atoms with Crippen molar-refractivity contribution in [3.8, 4) is 16.3 Å². The van der Waals surface area contributed by atoms with Gasteiger partial charge in [0.15, 0.2) is 0 Å². The first kappa shape index (κ1) is 24.5. The van der Waals surface area contributed by atoms with Crippen LogP contribution in [0.3, 0.4) is 0 Å². The molecule has 0 aliphatic heterocycles. The first-order chi connectivity index (χ1) is 16.2. The number of aromatic nitrogens is 1. The Morgan fingerprint density at radius 3 is 2.59 bits per heavy atom. The van der Waals surface area contributed by atoms with Crippen molar-refractivity contribution in [3.05, 3.63) is 58.5 Å². The summed E-state index contributed by atoms with van der Waals surface area (Å²) >= 11 is 2.42. The Balaban J connectivity index is 1.46. The fourth-order valence-electron chi connectivity index (χ4n) is 4.19. The van der Waals surface area contributed by atoms with Crippen LogP contribution in [0.4, 0.5) is 14.5 Å². The molecule has 2 aromatic carbocycles. The number of nitrogens with zero attached hydrogens (tertiary/aromatic N) is 1. The lowest BCUT2D eigenvalue weighted by molar-refractivity contribution is 0.0691. The SMILES string of the molecule is COc1cc(C(=O)O)c(F)cc1NSc1csc(-c2ccc(C3CCC(C)(C)CC3)cc2F)n1. The van der Waals surface area contributed by atoms with Crippen molar-refractivity contribution in [2.45, 2.75) is 50.5 Å². The van der Waals surface area contributed by atoms with E-state index in [1.807, 2.05) is 6.07 Å². The lowest BCUT2D eigenvalue weighted by Crippen LogP contribution is -2.20. The van der Waals surface area contributed by atoms with E-state index in [0.29, 0.717) is 26.9 Å². The van der Waals surface area contributed by atoms with Crippen LogP contribution in [0.1, 0.15) is 61.4 Å². The molecule has 1 saturated carbocycles. The minimum atomic E-state index is -1.38. The molecule has 4 rings (SSSR count). The van der Waals surface area contributed by atoms with Crippen LogP contribution in [0.2, 0.25) is 0 Å². The summed E-state index contributed by atoms with van der Waals surface area (Å²) in [6.07, 6.45) is 4.45. The number of thiazole rings is 1. The second-order valence-electron chi connectivity index (χ2n) is 9.21. The highest BCUT2D eigenvalue weighted by Gasteiger charge is 2.28. The Labute approximate surface area is 205 Å². The number of aromatic carboxylic acids is 1. The maximum Gasteiger partial charge on any atom is 0.338 e. The van der Waals surface area contributed by atoms with E-state index in [2.05, 4.69) is 23.6 Å². The minimum absolute atomic E-state index is 0.189. The molecule has 0 radical (unpaired) electrons. The van der Waals surface area contributed by atoms with E-state index in [9.17, 15) is 13.6 Å². The van der Waals surface area contributed by atoms with Crippen molar-refractivity contribution in [1.29, 1.82) is 0 Å². The van der Waals surface area contributed by atoms with Gasteiger partial charge < -0.3 is 14.6 Å². The van der Waals surface area contributed by atoms with Gasteiger partial charge in [0.1, 0.15) is 27.4 Å². The summed E-state index contributed by atoms with van der Waals surface area (Å²) in [4.78, 5) is 15.6. The van der Waals surface area contributed by atoms with Crippen molar-refractivity contribution in [2.75, 3.05) is 11.8 Å². The summed E-state index contributed by atoms with van der Waals surface area (Å²) in [5.41, 5.74) is 1.66. The largest absolute Gasteiger partial charge is 0.495 e. The highest BCUT2D eigenvalue weighted by atomic mass is 32.2. The highest BCUT2D eigenvalue weighted by Crippen LogP contribution is 2.43. The van der Waals surface area contributed by atoms with Gasteiger partial charge in [-0.3, -0.25) is 0 Å². The maximum absolute atomic E-state index is 15.0. The molecule has 0 atom stereocenters. The molecule has 3 aromatic rings. The fraction of sp³-hybridized carbons (Fsp3) is 0.360. The Morgan fingerprint density at radius 2 is 1.94 bits per heavy atom. The number of rotatable bonds is 7. The first-order valence-corrected chi connectivity index (χ1v) is 12.7. The summed E-state index contributed by atoms with van der Waals surface area (Å²) in [6.45, 7) is 4.58. The predicted molar refractivity (Wildman–Crippen MR) is 132 cm³/mol. The zero-order valence-electron chi connectivity index (χ0n) is 19.2. The van der Waals surface area contributed by atoms with E-state index in [1.54, 1.807) is 17.5 Å². The molecule has 1 aliphatic carbocycles. The third kappa shape index (κ3) is 5.36. The molecule has 1 fully saturated rings. The molecule has 0 spiro atoms. The molecule has 1 aliphatic rings. The maximum atomic E-state index is 15.0. The summed E-state index contributed by atoms with van der Waals surface area (Å²) < 4.78 is 37.2. The summed E-state index contributed by atoms with van der Waals surface area (Å²) in [7, 11) is 1.37. The topological polar surface area (TPSA) is 71.5 Å². The van der Waals surface area contributed by atoms with Crippen molar-refractivity contribution in [3.63, 3.8) is 0 Å². The summed E-state index contributed by atoms with van der Waals surface area (Å²) in [6, 6.07) is 7.63. The number of anilines is 1. The quantitative estimate of drug-likeness (QED) is 0.323. The Kier molecular flexibility index (Phi) is 7.14. The molecule has 9 heteroatoms. The Bertz CT molecular complexity index is 1200. The van der Waals surface area contributed by atoms with Crippen LogP contribution in [0.15, 0.2) is 40.7 Å². The van der Waals surface area contributed by atoms with Crippen LogP contribution in [-0.4, -0.2) is 23.2 Å². The number of hydrogen-bond acceptors (Lipinski definition) is 6. The van der Waals surface area contributed by atoms with Gasteiger partial charge in [-0.05, 0) is 60.8 Å². The van der Waals surface area contributed by atoms with Crippen molar-refractivity contribution in [2.24, 2.45) is 5.41 Å². The lowest BCUT2D eigenvalue weighted by atomic mass is 9.71. The van der Waals surface area contributed by atoms with E-state index in [1.165, 1.54) is 18.4 Å². The number of halogens is 2. The number of hydrogen-bond donors (Lipinski definition) is 2. The van der Waals surface area contributed by atoms with Gasteiger partial charge in [-0.15, -0.1) is 11.3 Å². The minimum Gasteiger partial charge on any atom is -0.495 e. The average molecular weight is 505 g/mol. The predicted octanol–water partition coefficient (Wildman–Crippen LogP) is 7.60. The van der Waals surface area contributed by atoms with Crippen molar-refractivity contribution < 1.29 is 23.4 Å². The van der Waals surface area contributed by atoms with Gasteiger partial charge in [-0.1, -0.05) is 19.9 Å². The van der Waals surface area contributed by atoms with E-state index in [0.717, 1.165) is 55.3 Å². The molecule has 0 unspecified atom stereocenters. The Morgan fingerprint density at radius 1 is 1.21 bits per heavy atom. The molecule has 2 N–H and O–H groups in total. The van der Waals surface area contributed by atoms with Gasteiger partial charge in [0, 0.05) is 29.0 Å². The first-order valence-electron chi connectivity index (χ1n) is 11.0. The summed E-state index contributed by atoms with van der Waals surface area (Å²) in [5.74, 6) is -1.95. The molecule has 180 valence electrons. The van der Waals surface area contributed by atoms with Crippen molar-refractivity contribution >= 4 is 34.9 Å². The number of carboxylic acids is 1. The second kappa shape index (κ2) is 9.92. The number of ether oxygens (including phenoxy) is 1. The van der Waals surface area contributed by atoms with Gasteiger partial charge in [-0.25, -0.2) is 18.6 Å².